The molecule has 0 saturated carbocycles. The fraction of sp³-hybridized carbons (Fsp3) is 0.538. The minimum absolute atomic E-state index is 0.141. The Balaban J connectivity index is 2.45. The zero-order valence-corrected chi connectivity index (χ0v) is 10.1. The molecule has 0 amide bonds. The molecule has 1 aromatic carbocycles. The molecule has 2 N–H and O–H groups in total. The van der Waals surface area contributed by atoms with Gasteiger partial charge in [-0.1, -0.05) is 13.0 Å². The summed E-state index contributed by atoms with van der Waals surface area (Å²) in [6, 6.07) is 5.88. The summed E-state index contributed by atoms with van der Waals surface area (Å²) in [4.78, 5) is 0. The van der Waals surface area contributed by atoms with Gasteiger partial charge >= 0.3 is 0 Å². The van der Waals surface area contributed by atoms with E-state index in [0.717, 1.165) is 29.8 Å². The first kappa shape index (κ1) is 11.4. The lowest BCUT2D eigenvalue weighted by Crippen LogP contribution is -2.37. The molecule has 0 aliphatic heterocycles. The number of ether oxygens (including phenoxy) is 1. The van der Waals surface area contributed by atoms with Crippen LogP contribution in [0.3, 0.4) is 0 Å². The van der Waals surface area contributed by atoms with Crippen molar-refractivity contribution in [3.8, 4) is 5.75 Å². The van der Waals surface area contributed by atoms with Crippen LogP contribution in [0.25, 0.3) is 0 Å². The van der Waals surface area contributed by atoms with Crippen molar-refractivity contribution in [1.82, 2.24) is 5.32 Å². The van der Waals surface area contributed by atoms with Crippen LogP contribution in [0.5, 0.6) is 5.75 Å². The maximum atomic E-state index is 10.0. The summed E-state index contributed by atoms with van der Waals surface area (Å²) < 4.78 is 5.24. The van der Waals surface area contributed by atoms with E-state index in [1.165, 1.54) is 0 Å². The molecule has 0 spiro atoms. The van der Waals surface area contributed by atoms with Gasteiger partial charge in [0.25, 0.3) is 0 Å². The molecule has 1 aliphatic carbocycles. The smallest absolute Gasteiger partial charge is 0.119 e. The van der Waals surface area contributed by atoms with Crippen molar-refractivity contribution >= 4 is 0 Å². The van der Waals surface area contributed by atoms with Crippen LogP contribution < -0.4 is 10.1 Å². The lowest BCUT2D eigenvalue weighted by Gasteiger charge is -2.26. The first-order valence-electron chi connectivity index (χ1n) is 5.72. The molecule has 0 bridgehead atoms. The first-order valence-corrected chi connectivity index (χ1v) is 5.72. The van der Waals surface area contributed by atoms with Crippen molar-refractivity contribution in [2.24, 2.45) is 0 Å². The highest BCUT2D eigenvalue weighted by atomic mass is 16.5. The van der Waals surface area contributed by atoms with Crippen LogP contribution in [-0.4, -0.2) is 18.8 Å². The normalized spacial score (nSPS) is 27.9. The predicted octanol–water partition coefficient (Wildman–Crippen LogP) is 1.96. The van der Waals surface area contributed by atoms with Crippen LogP contribution >= 0.6 is 0 Å². The van der Waals surface area contributed by atoms with Gasteiger partial charge < -0.3 is 15.2 Å². The zero-order valence-electron chi connectivity index (χ0n) is 10.1. The Morgan fingerprint density at radius 1 is 1.56 bits per heavy atom. The topological polar surface area (TPSA) is 41.5 Å². The molecule has 88 valence electrons. The van der Waals surface area contributed by atoms with E-state index >= 15 is 0 Å². The van der Waals surface area contributed by atoms with E-state index in [9.17, 15) is 5.11 Å². The van der Waals surface area contributed by atoms with Gasteiger partial charge in [-0.15, -0.1) is 0 Å². The summed E-state index contributed by atoms with van der Waals surface area (Å²) >= 11 is 0. The number of aliphatic hydroxyl groups excluding tert-OH is 1. The maximum Gasteiger partial charge on any atom is 0.119 e. The Kier molecular flexibility index (Phi) is 2.91. The lowest BCUT2D eigenvalue weighted by molar-refractivity contribution is 0.149. The van der Waals surface area contributed by atoms with Gasteiger partial charge in [0.05, 0.1) is 13.2 Å². The van der Waals surface area contributed by atoms with Gasteiger partial charge in [0.2, 0.25) is 0 Å². The number of benzene rings is 1. The average Bonchev–Trinajstić information content (AvgIpc) is 2.51. The van der Waals surface area contributed by atoms with Crippen molar-refractivity contribution in [3.63, 3.8) is 0 Å². The number of methoxy groups -OCH3 is 1. The van der Waals surface area contributed by atoms with E-state index < -0.39 is 0 Å². The van der Waals surface area contributed by atoms with Crippen molar-refractivity contribution in [3.05, 3.63) is 29.3 Å². The number of rotatable bonds is 3. The fourth-order valence-corrected chi connectivity index (χ4v) is 2.59. The molecule has 2 atom stereocenters. The summed E-state index contributed by atoms with van der Waals surface area (Å²) in [5.74, 6) is 0.844. The van der Waals surface area contributed by atoms with E-state index in [1.807, 2.05) is 18.2 Å². The standard InChI is InChI=1S/C13H19NO2/c1-4-14-13(2)8-12(15)10-6-5-9(16-3)7-11(10)13/h5-7,12,14-15H,4,8H2,1-3H3. The molecule has 0 saturated heterocycles. The number of nitrogens with one attached hydrogen (secondary N) is 1. The van der Waals surface area contributed by atoms with Gasteiger partial charge in [-0.3, -0.25) is 0 Å². The van der Waals surface area contributed by atoms with E-state index in [0.29, 0.717) is 0 Å². The molecule has 0 radical (unpaired) electrons. The second-order valence-corrected chi connectivity index (χ2v) is 4.54. The van der Waals surface area contributed by atoms with Crippen LogP contribution in [0.1, 0.15) is 37.5 Å². The number of hydrogen-bond donors (Lipinski definition) is 2. The summed E-state index contributed by atoms with van der Waals surface area (Å²) in [6.07, 6.45) is 0.355. The second-order valence-electron chi connectivity index (χ2n) is 4.54. The average molecular weight is 221 g/mol. The predicted molar refractivity (Wildman–Crippen MR) is 63.6 cm³/mol. The second kappa shape index (κ2) is 4.07. The maximum absolute atomic E-state index is 10.0. The molecule has 3 nitrogen and oxygen atoms in total. The highest BCUT2D eigenvalue weighted by Crippen LogP contribution is 2.44. The Hall–Kier alpha value is -1.06. The summed E-state index contributed by atoms with van der Waals surface area (Å²) in [5, 5.41) is 13.5. The summed E-state index contributed by atoms with van der Waals surface area (Å²) in [6.45, 7) is 5.10. The quantitative estimate of drug-likeness (QED) is 0.819. The monoisotopic (exact) mass is 221 g/mol. The zero-order chi connectivity index (χ0) is 11.8. The van der Waals surface area contributed by atoms with Crippen molar-refractivity contribution < 1.29 is 9.84 Å². The van der Waals surface area contributed by atoms with Gasteiger partial charge in [-0.05, 0) is 43.1 Å². The lowest BCUT2D eigenvalue weighted by atomic mass is 9.94. The number of fused-ring (bicyclic) bond motifs is 1. The Morgan fingerprint density at radius 2 is 2.31 bits per heavy atom. The summed E-state index contributed by atoms with van der Waals surface area (Å²) in [5.41, 5.74) is 2.03. The van der Waals surface area contributed by atoms with Gasteiger partial charge in [0, 0.05) is 5.54 Å². The molecule has 2 rings (SSSR count). The third-order valence-corrected chi connectivity index (χ3v) is 3.38. The van der Waals surface area contributed by atoms with E-state index in [2.05, 4.69) is 19.2 Å². The third kappa shape index (κ3) is 1.70. The van der Waals surface area contributed by atoms with Crippen molar-refractivity contribution in [2.45, 2.75) is 31.9 Å². The molecule has 1 aromatic rings. The first-order chi connectivity index (χ1) is 7.60. The van der Waals surface area contributed by atoms with Crippen molar-refractivity contribution in [1.29, 1.82) is 0 Å². The van der Waals surface area contributed by atoms with E-state index in [4.69, 9.17) is 4.74 Å². The largest absolute Gasteiger partial charge is 0.497 e. The van der Waals surface area contributed by atoms with Crippen LogP contribution in [-0.2, 0) is 5.54 Å². The molecule has 16 heavy (non-hydrogen) atoms. The van der Waals surface area contributed by atoms with Gasteiger partial charge in [0.1, 0.15) is 5.75 Å². The minimum atomic E-state index is -0.370. The van der Waals surface area contributed by atoms with Crippen LogP contribution in [0.4, 0.5) is 0 Å². The molecule has 3 heteroatoms. The molecular weight excluding hydrogens is 202 g/mol. The molecule has 0 heterocycles. The Morgan fingerprint density at radius 3 is 2.94 bits per heavy atom. The Labute approximate surface area is 96.4 Å². The summed E-state index contributed by atoms with van der Waals surface area (Å²) in [7, 11) is 1.66. The third-order valence-electron chi connectivity index (χ3n) is 3.38. The van der Waals surface area contributed by atoms with E-state index in [1.54, 1.807) is 7.11 Å². The number of aliphatic hydroxyl groups is 1. The van der Waals surface area contributed by atoms with E-state index in [-0.39, 0.29) is 11.6 Å². The van der Waals surface area contributed by atoms with Gasteiger partial charge in [-0.25, -0.2) is 0 Å². The minimum Gasteiger partial charge on any atom is -0.497 e. The van der Waals surface area contributed by atoms with Gasteiger partial charge in [-0.2, -0.15) is 0 Å². The molecular formula is C13H19NO2. The molecule has 1 aliphatic rings. The molecule has 2 unspecified atom stereocenters. The molecule has 0 fully saturated rings. The van der Waals surface area contributed by atoms with Crippen LogP contribution in [0, 0.1) is 0 Å². The number of hydrogen-bond acceptors (Lipinski definition) is 3. The highest BCUT2D eigenvalue weighted by molar-refractivity contribution is 5.45. The Bertz CT molecular complexity index is 392. The highest BCUT2D eigenvalue weighted by Gasteiger charge is 2.39. The van der Waals surface area contributed by atoms with Crippen LogP contribution in [0.15, 0.2) is 18.2 Å². The van der Waals surface area contributed by atoms with Crippen LogP contribution in [0.2, 0.25) is 0 Å². The van der Waals surface area contributed by atoms with Gasteiger partial charge in [0.15, 0.2) is 0 Å². The fourth-order valence-electron chi connectivity index (χ4n) is 2.59. The SMILES string of the molecule is CCNC1(C)CC(O)c2ccc(OC)cc21. The molecule has 0 aromatic heterocycles. The van der Waals surface area contributed by atoms with Crippen molar-refractivity contribution in [2.75, 3.05) is 13.7 Å².